The lowest BCUT2D eigenvalue weighted by Crippen LogP contribution is -1.96. The van der Waals surface area contributed by atoms with Gasteiger partial charge in [-0.1, -0.05) is 97.1 Å². The summed E-state index contributed by atoms with van der Waals surface area (Å²) in [6.07, 6.45) is 0. The average Bonchev–Trinajstić information content (AvgIpc) is 3.53. The Hall–Kier alpha value is -5.08. The van der Waals surface area contributed by atoms with Gasteiger partial charge in [-0.25, -0.2) is 0 Å². The molecule has 0 spiro atoms. The van der Waals surface area contributed by atoms with E-state index in [1.54, 1.807) is 0 Å². The quantitative estimate of drug-likeness (QED) is 0.258. The topological polar surface area (TPSA) is 20.7 Å². The first-order valence-corrected chi connectivity index (χ1v) is 13.0. The van der Waals surface area contributed by atoms with Crippen LogP contribution in [0.5, 0.6) is 0 Å². The van der Waals surface area contributed by atoms with Crippen molar-refractivity contribution in [3.63, 3.8) is 0 Å². The Balaban J connectivity index is 1.51. The van der Waals surface area contributed by atoms with Crippen molar-refractivity contribution in [2.24, 2.45) is 0 Å². The van der Waals surface area contributed by atoms with Gasteiger partial charge in [0.05, 0.1) is 11.0 Å². The van der Waals surface area contributed by atoms with E-state index in [1.165, 1.54) is 65.9 Å². The number of nitrogens with zero attached hydrogens (tertiary/aromatic N) is 1. The monoisotopic (exact) mass is 484 g/mol. The molecule has 2 nitrogen and oxygen atoms in total. The highest BCUT2D eigenvalue weighted by Gasteiger charge is 2.18. The molecule has 0 aliphatic rings. The molecule has 6 aromatic carbocycles. The van der Waals surface area contributed by atoms with Crippen LogP contribution in [-0.2, 0) is 0 Å². The summed E-state index contributed by atoms with van der Waals surface area (Å²) in [5.41, 5.74) is 10.8. The van der Waals surface area contributed by atoms with Crippen molar-refractivity contribution in [1.82, 2.24) is 9.55 Å². The molecular formula is C36H24N2. The van der Waals surface area contributed by atoms with Crippen molar-refractivity contribution < 1.29 is 0 Å². The number of nitrogens with one attached hydrogen (secondary N) is 1. The number of rotatable bonds is 3. The zero-order chi connectivity index (χ0) is 25.1. The molecule has 8 aromatic rings. The fraction of sp³-hybridized carbons (Fsp3) is 0. The number of hydrogen-bond acceptors (Lipinski definition) is 0. The third kappa shape index (κ3) is 3.14. The highest BCUT2D eigenvalue weighted by Crippen LogP contribution is 2.41. The minimum Gasteiger partial charge on any atom is -0.354 e. The number of para-hydroxylation sites is 2. The van der Waals surface area contributed by atoms with E-state index >= 15 is 0 Å². The minimum absolute atomic E-state index is 1.16. The van der Waals surface area contributed by atoms with E-state index in [2.05, 4.69) is 149 Å². The first-order valence-electron chi connectivity index (χ1n) is 13.0. The van der Waals surface area contributed by atoms with Gasteiger partial charge in [-0.3, -0.25) is 0 Å². The van der Waals surface area contributed by atoms with Gasteiger partial charge in [0.1, 0.15) is 0 Å². The second-order valence-corrected chi connectivity index (χ2v) is 9.91. The molecule has 0 fully saturated rings. The molecule has 38 heavy (non-hydrogen) atoms. The fourth-order valence-electron chi connectivity index (χ4n) is 6.01. The lowest BCUT2D eigenvalue weighted by atomic mass is 9.98. The van der Waals surface area contributed by atoms with Gasteiger partial charge in [0.15, 0.2) is 0 Å². The Kier molecular flexibility index (Phi) is 4.55. The van der Waals surface area contributed by atoms with Gasteiger partial charge >= 0.3 is 0 Å². The maximum atomic E-state index is 3.64. The molecule has 2 heteroatoms. The summed E-state index contributed by atoms with van der Waals surface area (Å²) in [5.74, 6) is 0. The van der Waals surface area contributed by atoms with Crippen LogP contribution in [0.1, 0.15) is 0 Å². The molecular weight excluding hydrogens is 460 g/mol. The molecule has 0 amide bonds. The normalized spacial score (nSPS) is 11.7. The zero-order valence-corrected chi connectivity index (χ0v) is 20.7. The maximum Gasteiger partial charge on any atom is 0.0548 e. The van der Waals surface area contributed by atoms with Gasteiger partial charge in [0, 0.05) is 38.3 Å². The molecule has 0 aliphatic heterocycles. The lowest BCUT2D eigenvalue weighted by Gasteiger charge is -2.14. The van der Waals surface area contributed by atoms with E-state index in [1.807, 2.05) is 0 Å². The highest BCUT2D eigenvalue weighted by atomic mass is 15.0. The van der Waals surface area contributed by atoms with E-state index < -0.39 is 0 Å². The second kappa shape index (κ2) is 8.22. The Bertz CT molecular complexity index is 2050. The van der Waals surface area contributed by atoms with Gasteiger partial charge in [-0.05, 0) is 64.7 Å². The standard InChI is InChI=1S/C36H24N2/c1-3-11-24(12-4-1)26-21-27(25-13-5-2-6-14-25)23-28(22-26)38-33-18-10-8-16-30(33)36-34(38)20-19-32-35(36)29-15-7-9-17-31(29)37-32/h1-23,37H. The van der Waals surface area contributed by atoms with E-state index in [-0.39, 0.29) is 0 Å². The van der Waals surface area contributed by atoms with Crippen LogP contribution in [0.3, 0.4) is 0 Å². The Morgan fingerprint density at radius 2 is 1.00 bits per heavy atom. The van der Waals surface area contributed by atoms with E-state index in [4.69, 9.17) is 0 Å². The summed E-state index contributed by atoms with van der Waals surface area (Å²) in [6, 6.07) is 50.2. The van der Waals surface area contributed by atoms with Crippen LogP contribution < -0.4 is 0 Å². The van der Waals surface area contributed by atoms with Crippen LogP contribution in [0.4, 0.5) is 0 Å². The average molecular weight is 485 g/mol. The summed E-state index contributed by atoms with van der Waals surface area (Å²) in [4.78, 5) is 3.64. The van der Waals surface area contributed by atoms with Crippen LogP contribution in [0.15, 0.2) is 140 Å². The highest BCUT2D eigenvalue weighted by molar-refractivity contribution is 6.28. The molecule has 8 rings (SSSR count). The Morgan fingerprint density at radius 1 is 0.395 bits per heavy atom. The zero-order valence-electron chi connectivity index (χ0n) is 20.7. The van der Waals surface area contributed by atoms with Gasteiger partial charge in [0.25, 0.3) is 0 Å². The van der Waals surface area contributed by atoms with Crippen LogP contribution in [0.25, 0.3) is 71.6 Å². The van der Waals surface area contributed by atoms with Crippen LogP contribution in [-0.4, -0.2) is 9.55 Å². The second-order valence-electron chi connectivity index (χ2n) is 9.91. The maximum absolute atomic E-state index is 3.64. The summed E-state index contributed by atoms with van der Waals surface area (Å²) < 4.78 is 2.44. The largest absolute Gasteiger partial charge is 0.354 e. The first kappa shape index (κ1) is 21.0. The number of benzene rings is 6. The van der Waals surface area contributed by atoms with E-state index in [0.29, 0.717) is 0 Å². The number of aromatic nitrogens is 2. The lowest BCUT2D eigenvalue weighted by molar-refractivity contribution is 1.18. The molecule has 0 aliphatic carbocycles. The van der Waals surface area contributed by atoms with E-state index in [9.17, 15) is 0 Å². The molecule has 0 bridgehead atoms. The predicted octanol–water partition coefficient (Wildman–Crippen LogP) is 9.75. The van der Waals surface area contributed by atoms with Crippen molar-refractivity contribution in [1.29, 1.82) is 0 Å². The molecule has 178 valence electrons. The number of hydrogen-bond donors (Lipinski definition) is 1. The van der Waals surface area contributed by atoms with E-state index in [0.717, 1.165) is 5.69 Å². The molecule has 0 saturated carbocycles. The summed E-state index contributed by atoms with van der Waals surface area (Å²) >= 11 is 0. The predicted molar refractivity (Wildman–Crippen MR) is 161 cm³/mol. The molecule has 0 unspecified atom stereocenters. The molecule has 2 heterocycles. The van der Waals surface area contributed by atoms with Crippen LogP contribution in [0, 0.1) is 0 Å². The third-order valence-electron chi connectivity index (χ3n) is 7.69. The van der Waals surface area contributed by atoms with Gasteiger partial charge in [-0.2, -0.15) is 0 Å². The van der Waals surface area contributed by atoms with Crippen molar-refractivity contribution in [2.75, 3.05) is 0 Å². The smallest absolute Gasteiger partial charge is 0.0548 e. The van der Waals surface area contributed by atoms with Gasteiger partial charge < -0.3 is 9.55 Å². The SMILES string of the molecule is c1ccc(-c2cc(-c3ccccc3)cc(-n3c4ccccc4c4c5c(ccc43)[nH]c3ccccc35)c2)cc1. The number of fused-ring (bicyclic) bond motifs is 7. The van der Waals surface area contributed by atoms with Crippen molar-refractivity contribution in [3.05, 3.63) is 140 Å². The van der Waals surface area contributed by atoms with Crippen molar-refractivity contribution in [2.45, 2.75) is 0 Å². The summed E-state index contributed by atoms with van der Waals surface area (Å²) in [6.45, 7) is 0. The van der Waals surface area contributed by atoms with Gasteiger partial charge in [0.2, 0.25) is 0 Å². The summed E-state index contributed by atoms with van der Waals surface area (Å²) in [7, 11) is 0. The molecule has 0 atom stereocenters. The molecule has 2 aromatic heterocycles. The molecule has 1 N–H and O–H groups in total. The van der Waals surface area contributed by atoms with Crippen LogP contribution >= 0.6 is 0 Å². The molecule has 0 radical (unpaired) electrons. The van der Waals surface area contributed by atoms with Crippen molar-refractivity contribution in [3.8, 4) is 27.9 Å². The minimum atomic E-state index is 1.16. The Labute approximate surface area is 220 Å². The number of H-pyrrole nitrogens is 1. The van der Waals surface area contributed by atoms with Crippen LogP contribution in [0.2, 0.25) is 0 Å². The van der Waals surface area contributed by atoms with Crippen molar-refractivity contribution >= 4 is 43.6 Å². The van der Waals surface area contributed by atoms with Gasteiger partial charge in [-0.15, -0.1) is 0 Å². The molecule has 0 saturated heterocycles. The number of aromatic amines is 1. The fourth-order valence-corrected chi connectivity index (χ4v) is 6.01. The third-order valence-corrected chi connectivity index (χ3v) is 7.69. The summed E-state index contributed by atoms with van der Waals surface area (Å²) in [5, 5.41) is 5.11. The Morgan fingerprint density at radius 3 is 1.71 bits per heavy atom. The first-order chi connectivity index (χ1) is 18.8.